The molecule has 2 N–H and O–H groups in total. The Balaban J connectivity index is 1.76. The Labute approximate surface area is 110 Å². The lowest BCUT2D eigenvalue weighted by molar-refractivity contribution is 0.0412. The van der Waals surface area contributed by atoms with Crippen molar-refractivity contribution in [1.29, 1.82) is 0 Å². The van der Waals surface area contributed by atoms with Crippen LogP contribution in [0.5, 0.6) is 0 Å². The van der Waals surface area contributed by atoms with Crippen LogP contribution in [0.25, 0.3) is 0 Å². The minimum atomic E-state index is -0.0519. The second kappa shape index (κ2) is 6.32. The fourth-order valence-electron chi connectivity index (χ4n) is 2.52. The molecule has 0 saturated carbocycles. The van der Waals surface area contributed by atoms with E-state index in [2.05, 4.69) is 42.3 Å². The number of benzene rings is 1. The largest absolute Gasteiger partial charge is 0.381 e. The van der Waals surface area contributed by atoms with Crippen molar-refractivity contribution in [2.24, 2.45) is 5.73 Å². The molecule has 1 aliphatic rings. The van der Waals surface area contributed by atoms with Gasteiger partial charge < -0.3 is 15.4 Å². The maximum atomic E-state index is 6.41. The van der Waals surface area contributed by atoms with E-state index in [-0.39, 0.29) is 5.54 Å². The van der Waals surface area contributed by atoms with Crippen LogP contribution < -0.4 is 5.73 Å². The number of rotatable bonds is 5. The summed E-state index contributed by atoms with van der Waals surface area (Å²) in [6, 6.07) is 10.6. The molecule has 0 radical (unpaired) electrons. The molecule has 1 aromatic carbocycles. The smallest absolute Gasteiger partial charge is 0.0484 e. The maximum Gasteiger partial charge on any atom is 0.0484 e. The fourth-order valence-corrected chi connectivity index (χ4v) is 2.52. The number of ether oxygens (including phenoxy) is 1. The predicted octanol–water partition coefficient (Wildman–Crippen LogP) is 1.67. The third-order valence-electron chi connectivity index (χ3n) is 3.70. The molecule has 0 aliphatic carbocycles. The van der Waals surface area contributed by atoms with Crippen LogP contribution in [0.15, 0.2) is 30.3 Å². The molecule has 0 bridgehead atoms. The summed E-state index contributed by atoms with van der Waals surface area (Å²) in [7, 11) is 2.16. The predicted molar refractivity (Wildman–Crippen MR) is 74.6 cm³/mol. The zero-order valence-corrected chi connectivity index (χ0v) is 11.3. The Morgan fingerprint density at radius 3 is 2.56 bits per heavy atom. The summed E-state index contributed by atoms with van der Waals surface area (Å²) >= 11 is 0. The second-order valence-electron chi connectivity index (χ2n) is 5.45. The van der Waals surface area contributed by atoms with E-state index in [0.717, 1.165) is 45.6 Å². The molecule has 1 aliphatic heterocycles. The van der Waals surface area contributed by atoms with E-state index in [0.29, 0.717) is 0 Å². The van der Waals surface area contributed by atoms with Crippen molar-refractivity contribution in [1.82, 2.24) is 4.90 Å². The van der Waals surface area contributed by atoms with E-state index >= 15 is 0 Å². The van der Waals surface area contributed by atoms with E-state index in [4.69, 9.17) is 10.5 Å². The first-order valence-electron chi connectivity index (χ1n) is 6.77. The lowest BCUT2D eigenvalue weighted by Crippen LogP contribution is -2.53. The molecule has 1 saturated heterocycles. The Morgan fingerprint density at radius 1 is 1.22 bits per heavy atom. The normalized spacial score (nSPS) is 19.1. The lowest BCUT2D eigenvalue weighted by Gasteiger charge is -2.36. The van der Waals surface area contributed by atoms with Gasteiger partial charge >= 0.3 is 0 Å². The molecule has 3 nitrogen and oxygen atoms in total. The minimum Gasteiger partial charge on any atom is -0.381 e. The molecule has 100 valence electrons. The van der Waals surface area contributed by atoms with Crippen molar-refractivity contribution in [2.75, 3.05) is 33.4 Å². The molecule has 0 unspecified atom stereocenters. The first-order valence-corrected chi connectivity index (χ1v) is 6.77. The highest BCUT2D eigenvalue weighted by Gasteiger charge is 2.28. The first-order chi connectivity index (χ1) is 8.68. The topological polar surface area (TPSA) is 38.5 Å². The number of hydrogen-bond donors (Lipinski definition) is 1. The van der Waals surface area contributed by atoms with Gasteiger partial charge in [0.15, 0.2) is 0 Å². The monoisotopic (exact) mass is 248 g/mol. The highest BCUT2D eigenvalue weighted by Crippen LogP contribution is 2.18. The molecule has 1 aromatic rings. The minimum absolute atomic E-state index is 0.0519. The Bertz CT molecular complexity index is 347. The van der Waals surface area contributed by atoms with E-state index in [1.165, 1.54) is 5.56 Å². The Hall–Kier alpha value is -0.900. The molecule has 3 heteroatoms. The van der Waals surface area contributed by atoms with Gasteiger partial charge in [0.2, 0.25) is 0 Å². The summed E-state index contributed by atoms with van der Waals surface area (Å²) in [5.41, 5.74) is 7.75. The lowest BCUT2D eigenvalue weighted by atomic mass is 9.91. The van der Waals surface area contributed by atoms with Gasteiger partial charge in [-0.05, 0) is 31.9 Å². The molecule has 18 heavy (non-hydrogen) atoms. The van der Waals surface area contributed by atoms with Crippen LogP contribution in [-0.2, 0) is 11.2 Å². The van der Waals surface area contributed by atoms with Gasteiger partial charge in [-0.1, -0.05) is 30.3 Å². The van der Waals surface area contributed by atoms with Gasteiger partial charge in [0.05, 0.1) is 0 Å². The SMILES string of the molecule is CN(CCc1ccccc1)CC1(N)CCOCC1. The molecule has 1 fully saturated rings. The average molecular weight is 248 g/mol. The molecule has 2 rings (SSSR count). The number of hydrogen-bond acceptors (Lipinski definition) is 3. The Kier molecular flexibility index (Phi) is 4.75. The van der Waals surface area contributed by atoms with Gasteiger partial charge in [-0.25, -0.2) is 0 Å². The van der Waals surface area contributed by atoms with Gasteiger partial charge in [-0.2, -0.15) is 0 Å². The van der Waals surface area contributed by atoms with Crippen molar-refractivity contribution in [2.45, 2.75) is 24.8 Å². The fraction of sp³-hybridized carbons (Fsp3) is 0.600. The summed E-state index contributed by atoms with van der Waals surface area (Å²) in [5.74, 6) is 0. The van der Waals surface area contributed by atoms with Gasteiger partial charge in [-0.3, -0.25) is 0 Å². The van der Waals surface area contributed by atoms with Crippen LogP contribution in [0.2, 0.25) is 0 Å². The second-order valence-corrected chi connectivity index (χ2v) is 5.45. The zero-order chi connectivity index (χ0) is 12.8. The molecule has 0 spiro atoms. The van der Waals surface area contributed by atoms with Crippen LogP contribution in [0.3, 0.4) is 0 Å². The highest BCUT2D eigenvalue weighted by molar-refractivity contribution is 5.14. The van der Waals surface area contributed by atoms with Crippen molar-refractivity contribution in [3.8, 4) is 0 Å². The number of likely N-dealkylation sites (N-methyl/N-ethyl adjacent to an activating group) is 1. The summed E-state index contributed by atoms with van der Waals surface area (Å²) in [5, 5.41) is 0. The van der Waals surface area contributed by atoms with Gasteiger partial charge in [0, 0.05) is 31.8 Å². The molecular formula is C15H24N2O. The van der Waals surface area contributed by atoms with E-state index < -0.39 is 0 Å². The molecule has 1 heterocycles. The van der Waals surface area contributed by atoms with Crippen molar-refractivity contribution >= 4 is 0 Å². The standard InChI is InChI=1S/C15H24N2O/c1-17(10-7-14-5-3-2-4-6-14)13-15(16)8-11-18-12-9-15/h2-6H,7-13,16H2,1H3. The van der Waals surface area contributed by atoms with Gasteiger partial charge in [0.1, 0.15) is 0 Å². The quantitative estimate of drug-likeness (QED) is 0.861. The van der Waals surface area contributed by atoms with E-state index in [1.807, 2.05) is 0 Å². The van der Waals surface area contributed by atoms with E-state index in [1.54, 1.807) is 0 Å². The van der Waals surface area contributed by atoms with Crippen LogP contribution in [0, 0.1) is 0 Å². The molecule has 0 atom stereocenters. The van der Waals surface area contributed by atoms with Crippen LogP contribution in [0.4, 0.5) is 0 Å². The van der Waals surface area contributed by atoms with Gasteiger partial charge in [-0.15, -0.1) is 0 Å². The summed E-state index contributed by atoms with van der Waals surface area (Å²) in [4.78, 5) is 2.35. The van der Waals surface area contributed by atoms with Crippen molar-refractivity contribution in [3.63, 3.8) is 0 Å². The molecule has 0 amide bonds. The van der Waals surface area contributed by atoms with Gasteiger partial charge in [0.25, 0.3) is 0 Å². The third-order valence-corrected chi connectivity index (χ3v) is 3.70. The van der Waals surface area contributed by atoms with Crippen LogP contribution >= 0.6 is 0 Å². The summed E-state index contributed by atoms with van der Waals surface area (Å²) in [6.07, 6.45) is 3.04. The summed E-state index contributed by atoms with van der Waals surface area (Å²) < 4.78 is 5.38. The first kappa shape index (κ1) is 13.5. The number of nitrogens with two attached hydrogens (primary N) is 1. The van der Waals surface area contributed by atoms with Crippen LogP contribution in [-0.4, -0.2) is 43.8 Å². The third kappa shape index (κ3) is 4.09. The zero-order valence-electron chi connectivity index (χ0n) is 11.3. The highest BCUT2D eigenvalue weighted by atomic mass is 16.5. The Morgan fingerprint density at radius 2 is 1.89 bits per heavy atom. The molecule has 0 aromatic heterocycles. The average Bonchev–Trinajstić information content (AvgIpc) is 2.38. The summed E-state index contributed by atoms with van der Waals surface area (Å²) in [6.45, 7) is 3.64. The van der Waals surface area contributed by atoms with Crippen molar-refractivity contribution < 1.29 is 4.74 Å². The van der Waals surface area contributed by atoms with Crippen molar-refractivity contribution in [3.05, 3.63) is 35.9 Å². The maximum absolute atomic E-state index is 6.41. The van der Waals surface area contributed by atoms with E-state index in [9.17, 15) is 0 Å². The number of nitrogens with zero attached hydrogens (tertiary/aromatic N) is 1. The molecular weight excluding hydrogens is 224 g/mol. The van der Waals surface area contributed by atoms with Crippen LogP contribution in [0.1, 0.15) is 18.4 Å².